The van der Waals surface area contributed by atoms with Gasteiger partial charge in [-0.25, -0.2) is 0 Å². The zero-order valence-electron chi connectivity index (χ0n) is 27.3. The molecule has 1 heterocycles. The predicted molar refractivity (Wildman–Crippen MR) is 210 cm³/mol. The van der Waals surface area contributed by atoms with Gasteiger partial charge in [0.25, 0.3) is 0 Å². The van der Waals surface area contributed by atoms with Gasteiger partial charge in [0.15, 0.2) is 0 Å². The Hall–Kier alpha value is -6.18. The molecular formula is C48H35N. The van der Waals surface area contributed by atoms with Gasteiger partial charge in [0.05, 0.1) is 0 Å². The maximum Gasteiger partial charge on any atom is 0.0450 e. The van der Waals surface area contributed by atoms with Gasteiger partial charge >= 0.3 is 0 Å². The van der Waals surface area contributed by atoms with E-state index in [-0.39, 0.29) is 0 Å². The first kappa shape index (κ1) is 29.0. The van der Waals surface area contributed by atoms with Crippen LogP contribution in [0.15, 0.2) is 176 Å². The molecule has 9 rings (SSSR count). The van der Waals surface area contributed by atoms with Crippen LogP contribution >= 0.6 is 0 Å². The SMILES string of the molecule is C(=Cc1ccc(-c2c3ccccc3c(-c3ccc4c(c3)N(c3ccccc3)CC4)c3ccccc23)cc1)c1ccc(-c2ccccc2)cc1. The van der Waals surface area contributed by atoms with Crippen molar-refractivity contribution < 1.29 is 0 Å². The van der Waals surface area contributed by atoms with E-state index in [9.17, 15) is 0 Å². The first-order valence-corrected chi connectivity index (χ1v) is 17.1. The number of hydrogen-bond donors (Lipinski definition) is 0. The molecule has 1 aliphatic rings. The quantitative estimate of drug-likeness (QED) is 0.131. The molecular weight excluding hydrogens is 591 g/mol. The predicted octanol–water partition coefficient (Wildman–Crippen LogP) is 12.9. The van der Waals surface area contributed by atoms with Crippen LogP contribution in [0.4, 0.5) is 11.4 Å². The molecule has 0 N–H and O–H groups in total. The monoisotopic (exact) mass is 625 g/mol. The number of nitrogens with zero attached hydrogens (tertiary/aromatic N) is 1. The molecule has 0 bridgehead atoms. The Balaban J connectivity index is 1.09. The van der Waals surface area contributed by atoms with Crippen LogP contribution in [-0.4, -0.2) is 6.54 Å². The average Bonchev–Trinajstić information content (AvgIpc) is 3.61. The highest BCUT2D eigenvalue weighted by Crippen LogP contribution is 2.45. The molecule has 49 heavy (non-hydrogen) atoms. The van der Waals surface area contributed by atoms with Gasteiger partial charge in [0.1, 0.15) is 0 Å². The summed E-state index contributed by atoms with van der Waals surface area (Å²) in [5, 5.41) is 5.11. The van der Waals surface area contributed by atoms with Crippen LogP contribution in [0.5, 0.6) is 0 Å². The van der Waals surface area contributed by atoms with Crippen molar-refractivity contribution in [3.8, 4) is 33.4 Å². The lowest BCUT2D eigenvalue weighted by Crippen LogP contribution is -2.12. The number of benzene rings is 8. The smallest absolute Gasteiger partial charge is 0.0450 e. The summed E-state index contributed by atoms with van der Waals surface area (Å²) >= 11 is 0. The van der Waals surface area contributed by atoms with Crippen molar-refractivity contribution >= 4 is 45.1 Å². The third-order valence-electron chi connectivity index (χ3n) is 9.95. The highest BCUT2D eigenvalue weighted by Gasteiger charge is 2.23. The fraction of sp³-hybridized carbons (Fsp3) is 0.0417. The lowest BCUT2D eigenvalue weighted by atomic mass is 9.85. The lowest BCUT2D eigenvalue weighted by molar-refractivity contribution is 0.998. The summed E-state index contributed by atoms with van der Waals surface area (Å²) in [4.78, 5) is 2.47. The van der Waals surface area contributed by atoms with E-state index in [1.165, 1.54) is 83.0 Å². The Morgan fingerprint density at radius 2 is 0.837 bits per heavy atom. The van der Waals surface area contributed by atoms with Crippen molar-refractivity contribution in [1.82, 2.24) is 0 Å². The van der Waals surface area contributed by atoms with E-state index in [4.69, 9.17) is 0 Å². The zero-order chi connectivity index (χ0) is 32.6. The summed E-state index contributed by atoms with van der Waals surface area (Å²) in [6.07, 6.45) is 5.46. The van der Waals surface area contributed by atoms with E-state index in [0.717, 1.165) is 13.0 Å². The van der Waals surface area contributed by atoms with Gasteiger partial charge in [-0.2, -0.15) is 0 Å². The molecule has 8 aromatic rings. The second-order valence-electron chi connectivity index (χ2n) is 12.9. The maximum atomic E-state index is 2.47. The summed E-state index contributed by atoms with van der Waals surface area (Å²) in [5.74, 6) is 0. The Labute approximate surface area is 288 Å². The number of rotatable bonds is 6. The normalized spacial score (nSPS) is 12.6. The summed E-state index contributed by atoms with van der Waals surface area (Å²) in [7, 11) is 0. The summed E-state index contributed by atoms with van der Waals surface area (Å²) in [6.45, 7) is 1.01. The van der Waals surface area contributed by atoms with Crippen LogP contribution in [0.1, 0.15) is 16.7 Å². The first-order chi connectivity index (χ1) is 24.3. The molecule has 0 unspecified atom stereocenters. The molecule has 0 spiro atoms. The maximum absolute atomic E-state index is 2.47. The van der Waals surface area contributed by atoms with Gasteiger partial charge < -0.3 is 4.90 Å². The van der Waals surface area contributed by atoms with Crippen molar-refractivity contribution in [1.29, 1.82) is 0 Å². The van der Waals surface area contributed by atoms with E-state index in [1.54, 1.807) is 0 Å². The third kappa shape index (κ3) is 5.40. The van der Waals surface area contributed by atoms with E-state index >= 15 is 0 Å². The van der Waals surface area contributed by atoms with Gasteiger partial charge in [0.2, 0.25) is 0 Å². The van der Waals surface area contributed by atoms with Gasteiger partial charge in [-0.1, -0.05) is 170 Å². The zero-order valence-corrected chi connectivity index (χ0v) is 27.3. The fourth-order valence-electron chi connectivity index (χ4n) is 7.53. The summed E-state index contributed by atoms with van der Waals surface area (Å²) < 4.78 is 0. The molecule has 1 aliphatic heterocycles. The molecule has 0 fully saturated rings. The first-order valence-electron chi connectivity index (χ1n) is 17.1. The number of anilines is 2. The molecule has 1 heteroatoms. The van der Waals surface area contributed by atoms with E-state index in [0.29, 0.717) is 0 Å². The Bertz CT molecular complexity index is 2400. The molecule has 1 nitrogen and oxygen atoms in total. The van der Waals surface area contributed by atoms with Crippen molar-refractivity contribution in [2.24, 2.45) is 0 Å². The van der Waals surface area contributed by atoms with Crippen molar-refractivity contribution in [2.45, 2.75) is 6.42 Å². The molecule has 0 saturated carbocycles. The van der Waals surface area contributed by atoms with Crippen LogP contribution in [-0.2, 0) is 6.42 Å². The molecule has 8 aromatic carbocycles. The van der Waals surface area contributed by atoms with E-state index in [1.807, 2.05) is 0 Å². The highest BCUT2D eigenvalue weighted by atomic mass is 15.2. The Morgan fingerprint density at radius 1 is 0.388 bits per heavy atom. The number of para-hydroxylation sites is 1. The van der Waals surface area contributed by atoms with Gasteiger partial charge in [-0.15, -0.1) is 0 Å². The van der Waals surface area contributed by atoms with Crippen molar-refractivity contribution in [3.63, 3.8) is 0 Å². The molecule has 0 aliphatic carbocycles. The Morgan fingerprint density at radius 3 is 1.41 bits per heavy atom. The summed E-state index contributed by atoms with van der Waals surface area (Å²) in [5.41, 5.74) is 13.9. The van der Waals surface area contributed by atoms with E-state index in [2.05, 4.69) is 193 Å². The summed E-state index contributed by atoms with van der Waals surface area (Å²) in [6, 6.07) is 64.0. The molecule has 232 valence electrons. The molecule has 0 atom stereocenters. The molecule has 0 saturated heterocycles. The standard InChI is InChI=1S/C48H35N/c1-3-11-36(12-4-1)37-25-21-34(22-26-37)19-20-35-23-27-39(28-24-35)47-42-15-7-9-17-44(42)48(45-18-10-8-16-43(45)47)40-30-29-38-31-32-49(46(38)33-40)41-13-5-2-6-14-41/h1-30,33H,31-32H2. The minimum atomic E-state index is 1.01. The van der Waals surface area contributed by atoms with Crippen LogP contribution < -0.4 is 4.90 Å². The van der Waals surface area contributed by atoms with Gasteiger partial charge in [-0.05, 0) is 96.2 Å². The lowest BCUT2D eigenvalue weighted by Gasteiger charge is -2.21. The van der Waals surface area contributed by atoms with Crippen molar-refractivity contribution in [3.05, 3.63) is 193 Å². The van der Waals surface area contributed by atoms with Gasteiger partial charge in [0, 0.05) is 17.9 Å². The second kappa shape index (κ2) is 12.4. The van der Waals surface area contributed by atoms with Crippen molar-refractivity contribution in [2.75, 3.05) is 11.4 Å². The van der Waals surface area contributed by atoms with Crippen LogP contribution in [0.3, 0.4) is 0 Å². The fourth-order valence-corrected chi connectivity index (χ4v) is 7.53. The molecule has 0 radical (unpaired) electrons. The average molecular weight is 626 g/mol. The molecule has 0 amide bonds. The minimum absolute atomic E-state index is 1.01. The van der Waals surface area contributed by atoms with Crippen LogP contribution in [0.2, 0.25) is 0 Å². The number of hydrogen-bond acceptors (Lipinski definition) is 1. The topological polar surface area (TPSA) is 3.24 Å². The van der Waals surface area contributed by atoms with Crippen LogP contribution in [0.25, 0.3) is 67.1 Å². The highest BCUT2D eigenvalue weighted by molar-refractivity contribution is 6.21. The third-order valence-corrected chi connectivity index (χ3v) is 9.95. The van der Waals surface area contributed by atoms with Gasteiger partial charge in [-0.3, -0.25) is 0 Å². The minimum Gasteiger partial charge on any atom is -0.341 e. The van der Waals surface area contributed by atoms with E-state index < -0.39 is 0 Å². The largest absolute Gasteiger partial charge is 0.341 e. The molecule has 0 aromatic heterocycles. The second-order valence-corrected chi connectivity index (χ2v) is 12.9. The van der Waals surface area contributed by atoms with Crippen LogP contribution in [0, 0.1) is 0 Å². The Kier molecular flexibility index (Phi) is 7.37. The number of fused-ring (bicyclic) bond motifs is 3.